The Balaban J connectivity index is 1.91. The minimum absolute atomic E-state index is 0.114. The van der Waals surface area contributed by atoms with E-state index in [2.05, 4.69) is 38.5 Å². The van der Waals surface area contributed by atoms with Crippen molar-refractivity contribution in [3.8, 4) is 0 Å². The van der Waals surface area contributed by atoms with Crippen LogP contribution in [0.15, 0.2) is 18.3 Å². The van der Waals surface area contributed by atoms with Crippen LogP contribution in [0.25, 0.3) is 0 Å². The first-order chi connectivity index (χ1) is 6.24. The fourth-order valence-corrected chi connectivity index (χ4v) is 1.75. The number of pyridine rings is 1. The van der Waals surface area contributed by atoms with E-state index in [9.17, 15) is 0 Å². The first-order valence-electron chi connectivity index (χ1n) is 4.25. The van der Waals surface area contributed by atoms with Gasteiger partial charge in [0.05, 0.1) is 6.10 Å². The van der Waals surface area contributed by atoms with E-state index in [1.165, 1.54) is 5.56 Å². The van der Waals surface area contributed by atoms with E-state index >= 15 is 0 Å². The molecule has 1 aromatic heterocycles. The van der Waals surface area contributed by atoms with Crippen LogP contribution in [0.5, 0.6) is 0 Å². The molecule has 13 heavy (non-hydrogen) atoms. The minimum Gasteiger partial charge on any atom is -0.390 e. The van der Waals surface area contributed by atoms with Gasteiger partial charge in [0, 0.05) is 25.8 Å². The van der Waals surface area contributed by atoms with Gasteiger partial charge in [-0.15, -0.1) is 0 Å². The van der Waals surface area contributed by atoms with E-state index in [0.717, 1.165) is 23.3 Å². The summed E-state index contributed by atoms with van der Waals surface area (Å²) in [6.07, 6.45) is 1.78. The Bertz CT molecular complexity index is 282. The molecule has 1 saturated heterocycles. The van der Waals surface area contributed by atoms with Crippen molar-refractivity contribution in [2.24, 2.45) is 0 Å². The van der Waals surface area contributed by atoms with Gasteiger partial charge in [-0.25, -0.2) is 0 Å². The van der Waals surface area contributed by atoms with Gasteiger partial charge in [-0.05, 0) is 34.2 Å². The first kappa shape index (κ1) is 9.36. The quantitative estimate of drug-likeness (QED) is 0.648. The Hall–Kier alpha value is -0.200. The summed E-state index contributed by atoms with van der Waals surface area (Å²) in [7, 11) is 0. The highest BCUT2D eigenvalue weighted by Gasteiger charge is 2.23. The Kier molecular flexibility index (Phi) is 2.80. The molecule has 0 amide bonds. The SMILES string of the molecule is OC1CN(Cc2ccc(I)nc2)C1. The predicted molar refractivity (Wildman–Crippen MR) is 58.2 cm³/mol. The number of rotatable bonds is 2. The van der Waals surface area contributed by atoms with E-state index in [1.807, 2.05) is 12.3 Å². The second-order valence-electron chi connectivity index (χ2n) is 3.34. The van der Waals surface area contributed by atoms with E-state index < -0.39 is 0 Å². The van der Waals surface area contributed by atoms with Crippen LogP contribution in [0.1, 0.15) is 5.56 Å². The number of aliphatic hydroxyl groups is 1. The van der Waals surface area contributed by atoms with Crippen LogP contribution in [0.4, 0.5) is 0 Å². The van der Waals surface area contributed by atoms with Crippen molar-refractivity contribution in [1.29, 1.82) is 0 Å². The zero-order valence-electron chi connectivity index (χ0n) is 7.15. The number of halogens is 1. The highest BCUT2D eigenvalue weighted by atomic mass is 127. The lowest BCUT2D eigenvalue weighted by molar-refractivity contribution is -0.00292. The third-order valence-electron chi connectivity index (χ3n) is 2.13. The molecule has 1 N–H and O–H groups in total. The second kappa shape index (κ2) is 3.89. The normalized spacial score (nSPS) is 18.6. The summed E-state index contributed by atoms with van der Waals surface area (Å²) in [4.78, 5) is 6.41. The molecular formula is C9H11IN2O. The van der Waals surface area contributed by atoms with E-state index in [4.69, 9.17) is 5.11 Å². The van der Waals surface area contributed by atoms with Crippen molar-refractivity contribution < 1.29 is 5.11 Å². The lowest BCUT2D eigenvalue weighted by Crippen LogP contribution is -2.49. The molecule has 0 saturated carbocycles. The molecule has 3 nitrogen and oxygen atoms in total. The summed E-state index contributed by atoms with van der Waals surface area (Å²) in [5.74, 6) is 0. The molecular weight excluding hydrogens is 279 g/mol. The molecule has 70 valence electrons. The smallest absolute Gasteiger partial charge is 0.101 e. The summed E-state index contributed by atoms with van der Waals surface area (Å²) in [6, 6.07) is 4.09. The molecule has 2 heterocycles. The Morgan fingerprint density at radius 3 is 2.85 bits per heavy atom. The number of likely N-dealkylation sites (tertiary alicyclic amines) is 1. The third-order valence-corrected chi connectivity index (χ3v) is 2.77. The van der Waals surface area contributed by atoms with Gasteiger partial charge in [0.1, 0.15) is 3.70 Å². The largest absolute Gasteiger partial charge is 0.390 e. The van der Waals surface area contributed by atoms with Gasteiger partial charge in [-0.2, -0.15) is 0 Å². The summed E-state index contributed by atoms with van der Waals surface area (Å²) in [5, 5.41) is 9.08. The Morgan fingerprint density at radius 2 is 2.31 bits per heavy atom. The summed E-state index contributed by atoms with van der Waals surface area (Å²) < 4.78 is 1.02. The lowest BCUT2D eigenvalue weighted by Gasteiger charge is -2.35. The van der Waals surface area contributed by atoms with Gasteiger partial charge in [-0.3, -0.25) is 9.88 Å². The van der Waals surface area contributed by atoms with Gasteiger partial charge in [0.25, 0.3) is 0 Å². The van der Waals surface area contributed by atoms with Gasteiger partial charge in [0.2, 0.25) is 0 Å². The van der Waals surface area contributed by atoms with Crippen LogP contribution >= 0.6 is 22.6 Å². The molecule has 1 fully saturated rings. The highest BCUT2D eigenvalue weighted by molar-refractivity contribution is 14.1. The summed E-state index contributed by atoms with van der Waals surface area (Å²) >= 11 is 2.19. The number of aliphatic hydroxyl groups excluding tert-OH is 1. The maximum Gasteiger partial charge on any atom is 0.101 e. The zero-order valence-corrected chi connectivity index (χ0v) is 9.31. The second-order valence-corrected chi connectivity index (χ2v) is 4.44. The number of β-amino-alcohol motifs (C(OH)–C–C–N with tert-alkyl or cyclic N) is 1. The number of nitrogens with zero attached hydrogens (tertiary/aromatic N) is 2. The van der Waals surface area contributed by atoms with Gasteiger partial charge in [0.15, 0.2) is 0 Å². The third kappa shape index (κ3) is 2.38. The van der Waals surface area contributed by atoms with Crippen molar-refractivity contribution in [1.82, 2.24) is 9.88 Å². The molecule has 0 aliphatic carbocycles. The molecule has 1 aliphatic heterocycles. The van der Waals surface area contributed by atoms with Crippen molar-refractivity contribution in [3.05, 3.63) is 27.6 Å². The summed E-state index contributed by atoms with van der Waals surface area (Å²) in [5.41, 5.74) is 1.22. The average Bonchev–Trinajstić information content (AvgIpc) is 2.06. The molecule has 2 rings (SSSR count). The topological polar surface area (TPSA) is 36.4 Å². The van der Waals surface area contributed by atoms with E-state index in [1.54, 1.807) is 0 Å². The van der Waals surface area contributed by atoms with Gasteiger partial charge >= 0.3 is 0 Å². The van der Waals surface area contributed by atoms with Crippen LogP contribution in [-0.4, -0.2) is 34.2 Å². The number of hydrogen-bond acceptors (Lipinski definition) is 3. The zero-order chi connectivity index (χ0) is 9.26. The molecule has 0 unspecified atom stereocenters. The molecule has 0 radical (unpaired) electrons. The van der Waals surface area contributed by atoms with Crippen LogP contribution in [0.2, 0.25) is 0 Å². The fourth-order valence-electron chi connectivity index (χ4n) is 1.43. The van der Waals surface area contributed by atoms with Crippen LogP contribution in [-0.2, 0) is 6.54 Å². The highest BCUT2D eigenvalue weighted by Crippen LogP contribution is 2.12. The Labute approximate surface area is 90.9 Å². The molecule has 4 heteroatoms. The maximum absolute atomic E-state index is 9.08. The van der Waals surface area contributed by atoms with Crippen molar-refractivity contribution in [3.63, 3.8) is 0 Å². The Morgan fingerprint density at radius 1 is 1.54 bits per heavy atom. The predicted octanol–water partition coefficient (Wildman–Crippen LogP) is 0.863. The number of aromatic nitrogens is 1. The molecule has 0 spiro atoms. The molecule has 0 atom stereocenters. The number of hydrogen-bond donors (Lipinski definition) is 1. The van der Waals surface area contributed by atoms with Crippen LogP contribution < -0.4 is 0 Å². The van der Waals surface area contributed by atoms with Crippen molar-refractivity contribution in [2.75, 3.05) is 13.1 Å². The van der Waals surface area contributed by atoms with Crippen LogP contribution in [0.3, 0.4) is 0 Å². The molecule has 0 aromatic carbocycles. The fraction of sp³-hybridized carbons (Fsp3) is 0.444. The minimum atomic E-state index is -0.114. The van der Waals surface area contributed by atoms with Gasteiger partial charge < -0.3 is 5.11 Å². The lowest BCUT2D eigenvalue weighted by atomic mass is 10.1. The van der Waals surface area contributed by atoms with Crippen molar-refractivity contribution >= 4 is 22.6 Å². The monoisotopic (exact) mass is 290 g/mol. The molecule has 1 aromatic rings. The maximum atomic E-state index is 9.08. The van der Waals surface area contributed by atoms with Gasteiger partial charge in [-0.1, -0.05) is 6.07 Å². The van der Waals surface area contributed by atoms with E-state index in [0.29, 0.717) is 0 Å². The first-order valence-corrected chi connectivity index (χ1v) is 5.33. The molecule has 1 aliphatic rings. The summed E-state index contributed by atoms with van der Waals surface area (Å²) in [6.45, 7) is 2.50. The van der Waals surface area contributed by atoms with E-state index in [-0.39, 0.29) is 6.10 Å². The molecule has 0 bridgehead atoms. The standard InChI is InChI=1S/C9H11IN2O/c10-9-2-1-7(3-11-9)4-12-5-8(13)6-12/h1-3,8,13H,4-6H2. The van der Waals surface area contributed by atoms with Crippen LogP contribution in [0, 0.1) is 3.70 Å². The average molecular weight is 290 g/mol. The van der Waals surface area contributed by atoms with Crippen molar-refractivity contribution in [2.45, 2.75) is 12.6 Å².